The SMILES string of the molecule is C=CCn1c(CSCc2ccc(Cl)cc2)nnc1SCC(=O)Nc1c(Cl)cc(Cl)cc1Cl. The van der Waals surface area contributed by atoms with Gasteiger partial charge >= 0.3 is 0 Å². The molecule has 2 aromatic carbocycles. The zero-order chi connectivity index (χ0) is 23.1. The smallest absolute Gasteiger partial charge is 0.234 e. The number of hydrogen-bond acceptors (Lipinski definition) is 5. The molecule has 1 heterocycles. The molecule has 0 spiro atoms. The van der Waals surface area contributed by atoms with Gasteiger partial charge in [0.05, 0.1) is 27.2 Å². The maximum absolute atomic E-state index is 12.4. The molecule has 3 aromatic rings. The molecule has 0 bridgehead atoms. The fourth-order valence-corrected chi connectivity index (χ4v) is 5.38. The highest BCUT2D eigenvalue weighted by molar-refractivity contribution is 7.99. The van der Waals surface area contributed by atoms with Crippen LogP contribution in [0, 0.1) is 0 Å². The van der Waals surface area contributed by atoms with Crippen LogP contribution in [0.15, 0.2) is 54.2 Å². The highest BCUT2D eigenvalue weighted by atomic mass is 35.5. The highest BCUT2D eigenvalue weighted by Crippen LogP contribution is 2.34. The Balaban J connectivity index is 1.59. The quantitative estimate of drug-likeness (QED) is 0.214. The summed E-state index contributed by atoms with van der Waals surface area (Å²) in [6.07, 6.45) is 1.77. The van der Waals surface area contributed by atoms with Crippen molar-refractivity contribution in [2.45, 2.75) is 23.2 Å². The normalized spacial score (nSPS) is 10.9. The van der Waals surface area contributed by atoms with Crippen molar-refractivity contribution in [2.75, 3.05) is 11.1 Å². The molecule has 0 aliphatic heterocycles. The van der Waals surface area contributed by atoms with E-state index in [0.717, 1.165) is 16.6 Å². The van der Waals surface area contributed by atoms with E-state index in [2.05, 4.69) is 22.1 Å². The van der Waals surface area contributed by atoms with E-state index in [4.69, 9.17) is 46.4 Å². The molecule has 5 nitrogen and oxygen atoms in total. The van der Waals surface area contributed by atoms with Crippen LogP contribution in [0.25, 0.3) is 0 Å². The molecule has 32 heavy (non-hydrogen) atoms. The Kier molecular flexibility index (Phi) is 9.64. The van der Waals surface area contributed by atoms with Crippen molar-refractivity contribution < 1.29 is 4.79 Å². The lowest BCUT2D eigenvalue weighted by Crippen LogP contribution is -2.15. The summed E-state index contributed by atoms with van der Waals surface area (Å²) in [5.41, 5.74) is 1.51. The third kappa shape index (κ3) is 7.07. The minimum atomic E-state index is -0.270. The first-order valence-corrected chi connectivity index (χ1v) is 12.9. The summed E-state index contributed by atoms with van der Waals surface area (Å²) in [6.45, 7) is 4.35. The summed E-state index contributed by atoms with van der Waals surface area (Å²) < 4.78 is 1.95. The zero-order valence-electron chi connectivity index (χ0n) is 16.7. The number of rotatable bonds is 10. The molecule has 0 saturated heterocycles. The predicted octanol–water partition coefficient (Wildman–Crippen LogP) is 7.24. The van der Waals surface area contributed by atoms with Crippen molar-refractivity contribution in [3.63, 3.8) is 0 Å². The standard InChI is InChI=1S/C21H18Cl4N4OS2/c1-2-7-29-18(11-31-10-13-3-5-14(22)6-4-13)27-28-21(29)32-12-19(30)26-20-16(24)8-15(23)9-17(20)25/h2-6,8-9H,1,7,10-12H2,(H,26,30). The van der Waals surface area contributed by atoms with E-state index in [-0.39, 0.29) is 21.7 Å². The van der Waals surface area contributed by atoms with Gasteiger partial charge < -0.3 is 9.88 Å². The number of benzene rings is 2. The Labute approximate surface area is 214 Å². The monoisotopic (exact) mass is 546 g/mol. The Morgan fingerprint density at radius 3 is 2.38 bits per heavy atom. The molecule has 0 unspecified atom stereocenters. The molecule has 0 saturated carbocycles. The van der Waals surface area contributed by atoms with Crippen LogP contribution in [0.4, 0.5) is 5.69 Å². The minimum absolute atomic E-state index is 0.114. The Hall–Kier alpha value is -1.35. The van der Waals surface area contributed by atoms with Gasteiger partial charge in [0.1, 0.15) is 5.82 Å². The van der Waals surface area contributed by atoms with Gasteiger partial charge in [0.25, 0.3) is 0 Å². The van der Waals surface area contributed by atoms with Gasteiger partial charge in [0, 0.05) is 22.3 Å². The van der Waals surface area contributed by atoms with E-state index < -0.39 is 0 Å². The number of aromatic nitrogens is 3. The minimum Gasteiger partial charge on any atom is -0.323 e. The van der Waals surface area contributed by atoms with E-state index in [1.54, 1.807) is 17.8 Å². The van der Waals surface area contributed by atoms with Crippen molar-refractivity contribution in [2.24, 2.45) is 0 Å². The number of halogens is 4. The molecule has 11 heteroatoms. The van der Waals surface area contributed by atoms with Crippen LogP contribution in [0.5, 0.6) is 0 Å². The first-order valence-electron chi connectivity index (χ1n) is 9.29. The number of nitrogens with one attached hydrogen (secondary N) is 1. The van der Waals surface area contributed by atoms with Gasteiger partial charge in [-0.1, -0.05) is 76.4 Å². The van der Waals surface area contributed by atoms with E-state index in [9.17, 15) is 4.79 Å². The van der Waals surface area contributed by atoms with Crippen molar-refractivity contribution in [3.8, 4) is 0 Å². The fraction of sp³-hybridized carbons (Fsp3) is 0.190. The van der Waals surface area contributed by atoms with Gasteiger partial charge in [-0.15, -0.1) is 28.5 Å². The second-order valence-electron chi connectivity index (χ2n) is 6.50. The average Bonchev–Trinajstić information content (AvgIpc) is 3.12. The predicted molar refractivity (Wildman–Crippen MR) is 137 cm³/mol. The molecule has 0 atom stereocenters. The fourth-order valence-electron chi connectivity index (χ4n) is 2.65. The second-order valence-corrected chi connectivity index (χ2v) is 10.1. The molecule has 0 aliphatic carbocycles. The van der Waals surface area contributed by atoms with E-state index >= 15 is 0 Å². The van der Waals surface area contributed by atoms with Gasteiger partial charge in [0.2, 0.25) is 5.91 Å². The maximum atomic E-state index is 12.4. The Morgan fingerprint density at radius 1 is 1.03 bits per heavy atom. The topological polar surface area (TPSA) is 59.8 Å². The molecule has 1 aromatic heterocycles. The van der Waals surface area contributed by atoms with Crippen LogP contribution in [0.1, 0.15) is 11.4 Å². The number of carbonyl (C=O) groups is 1. The molecule has 168 valence electrons. The zero-order valence-corrected chi connectivity index (χ0v) is 21.3. The number of nitrogens with zero attached hydrogens (tertiary/aromatic N) is 3. The Morgan fingerprint density at radius 2 is 1.72 bits per heavy atom. The summed E-state index contributed by atoms with van der Waals surface area (Å²) in [7, 11) is 0. The average molecular weight is 548 g/mol. The summed E-state index contributed by atoms with van der Waals surface area (Å²) >= 11 is 27.1. The third-order valence-electron chi connectivity index (χ3n) is 4.12. The number of carbonyl (C=O) groups excluding carboxylic acids is 1. The highest BCUT2D eigenvalue weighted by Gasteiger charge is 2.16. The van der Waals surface area contributed by atoms with Crippen LogP contribution in [0.3, 0.4) is 0 Å². The van der Waals surface area contributed by atoms with Gasteiger partial charge in [-0.25, -0.2) is 0 Å². The lowest BCUT2D eigenvalue weighted by molar-refractivity contribution is -0.113. The first-order chi connectivity index (χ1) is 15.4. The van der Waals surface area contributed by atoms with Gasteiger partial charge in [-0.2, -0.15) is 0 Å². The molecule has 3 rings (SSSR count). The third-order valence-corrected chi connectivity index (χ3v) is 7.15. The van der Waals surface area contributed by atoms with E-state index in [0.29, 0.717) is 28.2 Å². The van der Waals surface area contributed by atoms with Gasteiger partial charge in [0.15, 0.2) is 5.16 Å². The molecule has 0 aliphatic rings. The Bertz CT molecular complexity index is 1080. The number of thioether (sulfide) groups is 2. The van der Waals surface area contributed by atoms with Crippen molar-refractivity contribution in [3.05, 3.63) is 80.5 Å². The van der Waals surface area contributed by atoms with Crippen LogP contribution < -0.4 is 5.32 Å². The number of allylic oxidation sites excluding steroid dienone is 1. The molecule has 1 N–H and O–H groups in total. The maximum Gasteiger partial charge on any atom is 0.234 e. The summed E-state index contributed by atoms with van der Waals surface area (Å²) in [6, 6.07) is 10.8. The number of amides is 1. The second kappa shape index (κ2) is 12.2. The molecule has 0 radical (unpaired) electrons. The largest absolute Gasteiger partial charge is 0.323 e. The molecular weight excluding hydrogens is 530 g/mol. The van der Waals surface area contributed by atoms with Gasteiger partial charge in [-0.05, 0) is 29.8 Å². The molecule has 1 amide bonds. The summed E-state index contributed by atoms with van der Waals surface area (Å²) in [4.78, 5) is 12.4. The van der Waals surface area contributed by atoms with Crippen LogP contribution >= 0.6 is 69.9 Å². The van der Waals surface area contributed by atoms with Crippen molar-refractivity contribution >= 4 is 81.5 Å². The summed E-state index contributed by atoms with van der Waals surface area (Å²) in [5, 5.41) is 13.6. The van der Waals surface area contributed by atoms with Crippen LogP contribution in [-0.4, -0.2) is 26.4 Å². The van der Waals surface area contributed by atoms with E-state index in [1.165, 1.54) is 29.5 Å². The number of hydrogen-bond donors (Lipinski definition) is 1. The lowest BCUT2D eigenvalue weighted by Gasteiger charge is -2.10. The first kappa shape index (κ1) is 25.3. The molecular formula is C21H18Cl4N4OS2. The summed E-state index contributed by atoms with van der Waals surface area (Å²) in [5.74, 6) is 2.16. The number of anilines is 1. The van der Waals surface area contributed by atoms with E-state index in [1.807, 2.05) is 28.8 Å². The lowest BCUT2D eigenvalue weighted by atomic mass is 10.2. The van der Waals surface area contributed by atoms with Crippen LogP contribution in [-0.2, 0) is 22.8 Å². The van der Waals surface area contributed by atoms with Crippen LogP contribution in [0.2, 0.25) is 20.1 Å². The molecule has 0 fully saturated rings. The van der Waals surface area contributed by atoms with Crippen molar-refractivity contribution in [1.29, 1.82) is 0 Å². The van der Waals surface area contributed by atoms with Gasteiger partial charge in [-0.3, -0.25) is 4.79 Å². The van der Waals surface area contributed by atoms with Crippen molar-refractivity contribution in [1.82, 2.24) is 14.8 Å².